The Balaban J connectivity index is 0.00000364. The second-order valence-electron chi connectivity index (χ2n) is 6.14. The van der Waals surface area contributed by atoms with Gasteiger partial charge in [0.25, 0.3) is 15.9 Å². The maximum absolute atomic E-state index is 12.5. The van der Waals surface area contributed by atoms with Gasteiger partial charge < -0.3 is 10.6 Å². The molecule has 0 saturated carbocycles. The Morgan fingerprint density at radius 1 is 0.963 bits per heavy atom. The van der Waals surface area contributed by atoms with Crippen LogP contribution >= 0.6 is 12.4 Å². The van der Waals surface area contributed by atoms with Gasteiger partial charge in [-0.3, -0.25) is 9.52 Å². The Labute approximate surface area is 167 Å². The van der Waals surface area contributed by atoms with E-state index in [9.17, 15) is 13.2 Å². The Kier molecular flexibility index (Phi) is 8.75. The largest absolute Gasteiger partial charge is 0.352 e. The molecule has 0 fully saturated rings. The van der Waals surface area contributed by atoms with E-state index in [1.54, 1.807) is 12.1 Å². The van der Waals surface area contributed by atoms with Gasteiger partial charge in [-0.05, 0) is 81.4 Å². The summed E-state index contributed by atoms with van der Waals surface area (Å²) in [6.45, 7) is 5.28. The van der Waals surface area contributed by atoms with Crippen LogP contribution in [0.4, 0.5) is 5.69 Å². The minimum absolute atomic E-state index is 0. The van der Waals surface area contributed by atoms with Crippen molar-refractivity contribution in [3.8, 4) is 0 Å². The van der Waals surface area contributed by atoms with Crippen molar-refractivity contribution in [2.45, 2.75) is 25.2 Å². The molecule has 0 radical (unpaired) electrons. The number of halogens is 1. The highest BCUT2D eigenvalue weighted by Crippen LogP contribution is 2.19. The van der Waals surface area contributed by atoms with Crippen LogP contribution in [-0.2, 0) is 10.0 Å². The topological polar surface area (TPSA) is 87.3 Å². The van der Waals surface area contributed by atoms with Crippen molar-refractivity contribution in [3.05, 3.63) is 59.2 Å². The van der Waals surface area contributed by atoms with Gasteiger partial charge in [0.2, 0.25) is 0 Å². The Bertz CT molecular complexity index is 868. The summed E-state index contributed by atoms with van der Waals surface area (Å²) in [6.07, 6.45) is 0.828. The molecule has 0 aliphatic carbocycles. The van der Waals surface area contributed by atoms with Gasteiger partial charge in [-0.1, -0.05) is 6.07 Å². The minimum atomic E-state index is -3.70. The lowest BCUT2D eigenvalue weighted by molar-refractivity contribution is 0.0953. The molecule has 2 aromatic carbocycles. The first kappa shape index (κ1) is 23.0. The number of benzene rings is 2. The summed E-state index contributed by atoms with van der Waals surface area (Å²) in [4.78, 5) is 12.1. The second-order valence-corrected chi connectivity index (χ2v) is 7.82. The fourth-order valence-corrected chi connectivity index (χ4v) is 3.42. The quantitative estimate of drug-likeness (QED) is 0.583. The van der Waals surface area contributed by atoms with E-state index in [0.29, 0.717) is 17.8 Å². The number of aryl methyl sites for hydroxylation is 2. The first-order valence-electron chi connectivity index (χ1n) is 8.46. The number of sulfonamides is 1. The smallest absolute Gasteiger partial charge is 0.261 e. The fraction of sp³-hybridized carbons (Fsp3) is 0.316. The number of nitrogens with one attached hydrogen (secondary N) is 3. The van der Waals surface area contributed by atoms with Crippen LogP contribution in [0, 0.1) is 13.8 Å². The molecule has 3 N–H and O–H groups in total. The molecule has 0 aliphatic rings. The number of rotatable bonds is 8. The fourth-order valence-electron chi connectivity index (χ4n) is 2.37. The van der Waals surface area contributed by atoms with Crippen LogP contribution in [0.5, 0.6) is 0 Å². The van der Waals surface area contributed by atoms with Gasteiger partial charge in [0, 0.05) is 17.8 Å². The van der Waals surface area contributed by atoms with Crippen LogP contribution in [0.2, 0.25) is 0 Å². The molecule has 6 nitrogen and oxygen atoms in total. The van der Waals surface area contributed by atoms with Gasteiger partial charge in [-0.25, -0.2) is 8.42 Å². The van der Waals surface area contributed by atoms with E-state index in [1.807, 2.05) is 27.0 Å². The van der Waals surface area contributed by atoms with Crippen molar-refractivity contribution in [2.24, 2.45) is 0 Å². The van der Waals surface area contributed by atoms with Crippen LogP contribution in [0.3, 0.4) is 0 Å². The molecule has 0 aliphatic heterocycles. The molecule has 27 heavy (non-hydrogen) atoms. The van der Waals surface area contributed by atoms with E-state index in [4.69, 9.17) is 0 Å². The highest BCUT2D eigenvalue weighted by Gasteiger charge is 2.15. The molecule has 0 saturated heterocycles. The highest BCUT2D eigenvalue weighted by molar-refractivity contribution is 7.92. The number of anilines is 1. The molecule has 2 rings (SSSR count). The molecule has 0 aromatic heterocycles. The number of hydrogen-bond acceptors (Lipinski definition) is 4. The molecule has 0 unspecified atom stereocenters. The molecule has 1 amide bonds. The summed E-state index contributed by atoms with van der Waals surface area (Å²) in [5.74, 6) is -0.216. The Hall–Kier alpha value is -2.09. The van der Waals surface area contributed by atoms with Crippen LogP contribution in [0.15, 0.2) is 47.4 Å². The number of amides is 1. The van der Waals surface area contributed by atoms with Gasteiger partial charge in [0.05, 0.1) is 4.90 Å². The summed E-state index contributed by atoms with van der Waals surface area (Å²) in [5.41, 5.74) is 3.05. The van der Waals surface area contributed by atoms with E-state index >= 15 is 0 Å². The minimum Gasteiger partial charge on any atom is -0.352 e. The standard InChI is InChI=1S/C19H25N3O3S.ClH/c1-14-5-8-17(13-15(14)2)22-26(24,25)18-9-6-16(7-10-18)19(23)21-12-4-11-20-3;/h5-10,13,20,22H,4,11-12H2,1-3H3,(H,21,23);1H. The molecule has 0 heterocycles. The lowest BCUT2D eigenvalue weighted by Crippen LogP contribution is -2.26. The SMILES string of the molecule is CNCCCNC(=O)c1ccc(S(=O)(=O)Nc2ccc(C)c(C)c2)cc1.Cl. The van der Waals surface area contributed by atoms with Crippen LogP contribution in [0.25, 0.3) is 0 Å². The third kappa shape index (κ3) is 6.53. The van der Waals surface area contributed by atoms with E-state index in [0.717, 1.165) is 24.1 Å². The first-order chi connectivity index (χ1) is 12.3. The van der Waals surface area contributed by atoms with Crippen molar-refractivity contribution < 1.29 is 13.2 Å². The molecule has 2 aromatic rings. The average Bonchev–Trinajstić information content (AvgIpc) is 2.61. The molecule has 0 bridgehead atoms. The maximum atomic E-state index is 12.5. The first-order valence-corrected chi connectivity index (χ1v) is 9.95. The lowest BCUT2D eigenvalue weighted by atomic mass is 10.1. The average molecular weight is 412 g/mol. The molecular formula is C19H26ClN3O3S. The third-order valence-electron chi connectivity index (χ3n) is 4.08. The molecular weight excluding hydrogens is 386 g/mol. The summed E-state index contributed by atoms with van der Waals surface area (Å²) in [6, 6.07) is 11.3. The van der Waals surface area contributed by atoms with Crippen molar-refractivity contribution in [2.75, 3.05) is 24.9 Å². The van der Waals surface area contributed by atoms with Crippen LogP contribution in [0.1, 0.15) is 27.9 Å². The zero-order valence-electron chi connectivity index (χ0n) is 15.7. The van der Waals surface area contributed by atoms with Gasteiger partial charge in [-0.2, -0.15) is 0 Å². The Morgan fingerprint density at radius 3 is 2.22 bits per heavy atom. The molecule has 0 spiro atoms. The summed E-state index contributed by atoms with van der Waals surface area (Å²) in [7, 11) is -1.85. The van der Waals surface area contributed by atoms with Crippen molar-refractivity contribution >= 4 is 34.0 Å². The number of carbonyl (C=O) groups excluding carboxylic acids is 1. The molecule has 148 valence electrons. The van der Waals surface area contributed by atoms with Gasteiger partial charge in [0.15, 0.2) is 0 Å². The summed E-state index contributed by atoms with van der Waals surface area (Å²) < 4.78 is 27.6. The maximum Gasteiger partial charge on any atom is 0.261 e. The number of carbonyl (C=O) groups is 1. The molecule has 8 heteroatoms. The van der Waals surface area contributed by atoms with Crippen molar-refractivity contribution in [1.82, 2.24) is 10.6 Å². The van der Waals surface area contributed by atoms with Gasteiger partial charge in [0.1, 0.15) is 0 Å². The second kappa shape index (κ2) is 10.3. The zero-order chi connectivity index (χ0) is 19.2. The van der Waals surface area contributed by atoms with Gasteiger partial charge >= 0.3 is 0 Å². The van der Waals surface area contributed by atoms with Gasteiger partial charge in [-0.15, -0.1) is 12.4 Å². The predicted molar refractivity (Wildman–Crippen MR) is 111 cm³/mol. The number of hydrogen-bond donors (Lipinski definition) is 3. The van der Waals surface area contributed by atoms with Crippen LogP contribution in [-0.4, -0.2) is 34.5 Å². The van der Waals surface area contributed by atoms with E-state index in [-0.39, 0.29) is 23.2 Å². The van der Waals surface area contributed by atoms with Crippen LogP contribution < -0.4 is 15.4 Å². The highest BCUT2D eigenvalue weighted by atomic mass is 35.5. The third-order valence-corrected chi connectivity index (χ3v) is 5.47. The van der Waals surface area contributed by atoms with E-state index in [2.05, 4.69) is 15.4 Å². The monoisotopic (exact) mass is 411 g/mol. The van der Waals surface area contributed by atoms with Crippen molar-refractivity contribution in [3.63, 3.8) is 0 Å². The predicted octanol–water partition coefficient (Wildman–Crippen LogP) is 2.87. The molecule has 0 atom stereocenters. The van der Waals surface area contributed by atoms with E-state index < -0.39 is 10.0 Å². The van der Waals surface area contributed by atoms with Crippen molar-refractivity contribution in [1.29, 1.82) is 0 Å². The summed E-state index contributed by atoms with van der Waals surface area (Å²) >= 11 is 0. The lowest BCUT2D eigenvalue weighted by Gasteiger charge is -2.10. The normalized spacial score (nSPS) is 10.8. The summed E-state index contributed by atoms with van der Waals surface area (Å²) in [5, 5.41) is 5.81. The van der Waals surface area contributed by atoms with E-state index in [1.165, 1.54) is 24.3 Å². The Morgan fingerprint density at radius 2 is 1.63 bits per heavy atom. The zero-order valence-corrected chi connectivity index (χ0v) is 17.3.